The van der Waals surface area contributed by atoms with Gasteiger partial charge in [0.15, 0.2) is 0 Å². The second kappa shape index (κ2) is 10.6. The first-order valence-corrected chi connectivity index (χ1v) is 8.19. The maximum atomic E-state index is 11.7. The van der Waals surface area contributed by atoms with Gasteiger partial charge in [-0.3, -0.25) is 9.59 Å². The van der Waals surface area contributed by atoms with Crippen molar-refractivity contribution in [3.63, 3.8) is 0 Å². The highest BCUT2D eigenvalue weighted by molar-refractivity contribution is 5.72. The number of esters is 2. The molecule has 0 N–H and O–H groups in total. The van der Waals surface area contributed by atoms with E-state index in [2.05, 4.69) is 6.92 Å². The van der Waals surface area contributed by atoms with Crippen LogP contribution in [0.2, 0.25) is 0 Å². The van der Waals surface area contributed by atoms with Gasteiger partial charge in [0.05, 0.1) is 6.42 Å². The lowest BCUT2D eigenvalue weighted by Gasteiger charge is -2.22. The third kappa shape index (κ3) is 12.4. The first-order chi connectivity index (χ1) is 9.78. The molecular weight excluding hydrogens is 268 g/mol. The summed E-state index contributed by atoms with van der Waals surface area (Å²) in [6.45, 7) is 9.55. The third-order valence-corrected chi connectivity index (χ3v) is 3.05. The highest BCUT2D eigenvalue weighted by Gasteiger charge is 2.21. The Morgan fingerprint density at radius 2 is 1.57 bits per heavy atom. The minimum Gasteiger partial charge on any atom is -0.462 e. The van der Waals surface area contributed by atoms with Crippen molar-refractivity contribution >= 4 is 11.9 Å². The van der Waals surface area contributed by atoms with Gasteiger partial charge in [-0.05, 0) is 33.6 Å². The maximum Gasteiger partial charge on any atom is 0.310 e. The van der Waals surface area contributed by atoms with Gasteiger partial charge in [0.1, 0.15) is 11.7 Å². The fourth-order valence-electron chi connectivity index (χ4n) is 1.96. The van der Waals surface area contributed by atoms with Crippen LogP contribution in [0.3, 0.4) is 0 Å². The van der Waals surface area contributed by atoms with E-state index in [9.17, 15) is 9.59 Å². The molecule has 0 saturated heterocycles. The molecule has 1 atom stereocenters. The quantitative estimate of drug-likeness (QED) is 0.443. The molecule has 4 heteroatoms. The zero-order valence-electron chi connectivity index (χ0n) is 14.4. The van der Waals surface area contributed by atoms with E-state index in [4.69, 9.17) is 9.47 Å². The standard InChI is InChI=1S/C17H32O4/c1-6-8-9-10-11-12-15(18)20-14(7-2)13-16(19)21-17(3,4)5/h14H,6-13H2,1-5H3. The summed E-state index contributed by atoms with van der Waals surface area (Å²) in [6.07, 6.45) is 6.32. The minimum atomic E-state index is -0.501. The molecule has 4 nitrogen and oxygen atoms in total. The monoisotopic (exact) mass is 300 g/mol. The Morgan fingerprint density at radius 3 is 2.10 bits per heavy atom. The summed E-state index contributed by atoms with van der Waals surface area (Å²) in [7, 11) is 0. The minimum absolute atomic E-state index is 0.134. The number of ether oxygens (including phenoxy) is 2. The molecule has 0 amide bonds. The van der Waals surface area contributed by atoms with E-state index in [-0.39, 0.29) is 24.5 Å². The normalized spacial score (nSPS) is 12.8. The SMILES string of the molecule is CCCCCCCC(=O)OC(CC)CC(=O)OC(C)(C)C. The number of rotatable bonds is 10. The molecule has 0 aromatic rings. The number of unbranched alkanes of at least 4 members (excludes halogenated alkanes) is 4. The van der Waals surface area contributed by atoms with Crippen LogP contribution in [0.5, 0.6) is 0 Å². The molecular formula is C17H32O4. The molecule has 21 heavy (non-hydrogen) atoms. The van der Waals surface area contributed by atoms with Gasteiger partial charge in [0.2, 0.25) is 0 Å². The highest BCUT2D eigenvalue weighted by atomic mass is 16.6. The second-order valence-corrected chi connectivity index (χ2v) is 6.47. The molecule has 0 aromatic carbocycles. The molecule has 0 aliphatic carbocycles. The van der Waals surface area contributed by atoms with Crippen molar-refractivity contribution in [2.45, 2.75) is 97.7 Å². The first kappa shape index (κ1) is 19.9. The predicted octanol–water partition coefficient (Wildman–Crippen LogP) is 4.40. The Bertz CT molecular complexity index is 304. The zero-order valence-corrected chi connectivity index (χ0v) is 14.4. The Labute approximate surface area is 129 Å². The Balaban J connectivity index is 3.96. The van der Waals surface area contributed by atoms with Crippen molar-refractivity contribution < 1.29 is 19.1 Å². The van der Waals surface area contributed by atoms with E-state index >= 15 is 0 Å². The van der Waals surface area contributed by atoms with Crippen molar-refractivity contribution in [3.8, 4) is 0 Å². The Hall–Kier alpha value is -1.06. The smallest absolute Gasteiger partial charge is 0.310 e. The largest absolute Gasteiger partial charge is 0.462 e. The van der Waals surface area contributed by atoms with E-state index in [1.807, 2.05) is 27.7 Å². The third-order valence-electron chi connectivity index (χ3n) is 3.05. The van der Waals surface area contributed by atoms with Crippen LogP contribution in [0.25, 0.3) is 0 Å². The van der Waals surface area contributed by atoms with Gasteiger partial charge in [-0.2, -0.15) is 0 Å². The molecule has 0 aromatic heterocycles. The van der Waals surface area contributed by atoms with Crippen molar-refractivity contribution in [1.82, 2.24) is 0 Å². The number of carbonyl (C=O) groups excluding carboxylic acids is 2. The molecule has 0 fully saturated rings. The van der Waals surface area contributed by atoms with Crippen LogP contribution < -0.4 is 0 Å². The van der Waals surface area contributed by atoms with Crippen molar-refractivity contribution in [2.24, 2.45) is 0 Å². The summed E-state index contributed by atoms with van der Waals surface area (Å²) in [5.41, 5.74) is -0.501. The summed E-state index contributed by atoms with van der Waals surface area (Å²) in [6, 6.07) is 0. The number of hydrogen-bond acceptors (Lipinski definition) is 4. The van der Waals surface area contributed by atoms with Crippen LogP contribution in [0.4, 0.5) is 0 Å². The highest BCUT2D eigenvalue weighted by Crippen LogP contribution is 2.13. The predicted molar refractivity (Wildman–Crippen MR) is 84.0 cm³/mol. The Morgan fingerprint density at radius 1 is 0.952 bits per heavy atom. The summed E-state index contributed by atoms with van der Waals surface area (Å²) in [5, 5.41) is 0. The average Bonchev–Trinajstić information content (AvgIpc) is 2.35. The van der Waals surface area contributed by atoms with Crippen molar-refractivity contribution in [3.05, 3.63) is 0 Å². The molecule has 0 heterocycles. The molecule has 0 saturated carbocycles. The summed E-state index contributed by atoms with van der Waals surface area (Å²) >= 11 is 0. The van der Waals surface area contributed by atoms with Crippen LogP contribution in [-0.2, 0) is 19.1 Å². The molecule has 0 aliphatic rings. The van der Waals surface area contributed by atoms with E-state index in [1.54, 1.807) is 0 Å². The fourth-order valence-corrected chi connectivity index (χ4v) is 1.96. The van der Waals surface area contributed by atoms with Crippen LogP contribution in [0, 0.1) is 0 Å². The van der Waals surface area contributed by atoms with Crippen LogP contribution >= 0.6 is 0 Å². The number of carbonyl (C=O) groups is 2. The van der Waals surface area contributed by atoms with E-state index in [0.717, 1.165) is 12.8 Å². The first-order valence-electron chi connectivity index (χ1n) is 8.19. The van der Waals surface area contributed by atoms with Gasteiger partial charge < -0.3 is 9.47 Å². The lowest BCUT2D eigenvalue weighted by Crippen LogP contribution is -2.28. The maximum absolute atomic E-state index is 11.7. The summed E-state index contributed by atoms with van der Waals surface area (Å²) in [5.74, 6) is -0.521. The topological polar surface area (TPSA) is 52.6 Å². The van der Waals surface area contributed by atoms with Crippen molar-refractivity contribution in [2.75, 3.05) is 0 Å². The fraction of sp³-hybridized carbons (Fsp3) is 0.882. The molecule has 0 bridgehead atoms. The van der Waals surface area contributed by atoms with E-state index in [0.29, 0.717) is 12.8 Å². The average molecular weight is 300 g/mol. The molecule has 0 spiro atoms. The van der Waals surface area contributed by atoms with Crippen molar-refractivity contribution in [1.29, 1.82) is 0 Å². The van der Waals surface area contributed by atoms with Gasteiger partial charge in [-0.15, -0.1) is 0 Å². The summed E-state index contributed by atoms with van der Waals surface area (Å²) < 4.78 is 10.6. The van der Waals surface area contributed by atoms with Crippen LogP contribution in [0.1, 0.15) is 86.0 Å². The molecule has 0 aliphatic heterocycles. The Kier molecular flexibility index (Phi) is 10.1. The van der Waals surface area contributed by atoms with Gasteiger partial charge in [0.25, 0.3) is 0 Å². The molecule has 0 rings (SSSR count). The van der Waals surface area contributed by atoms with Crippen LogP contribution in [0.15, 0.2) is 0 Å². The zero-order chi connectivity index (χ0) is 16.3. The summed E-state index contributed by atoms with van der Waals surface area (Å²) in [4.78, 5) is 23.5. The van der Waals surface area contributed by atoms with Gasteiger partial charge in [-0.1, -0.05) is 39.5 Å². The lowest BCUT2D eigenvalue weighted by molar-refractivity contribution is -0.161. The van der Waals surface area contributed by atoms with Gasteiger partial charge in [0, 0.05) is 6.42 Å². The molecule has 124 valence electrons. The molecule has 1 unspecified atom stereocenters. The van der Waals surface area contributed by atoms with E-state index in [1.165, 1.54) is 19.3 Å². The second-order valence-electron chi connectivity index (χ2n) is 6.47. The molecule has 0 radical (unpaired) electrons. The lowest BCUT2D eigenvalue weighted by atomic mass is 10.1. The van der Waals surface area contributed by atoms with E-state index < -0.39 is 5.60 Å². The van der Waals surface area contributed by atoms with Gasteiger partial charge >= 0.3 is 11.9 Å². The van der Waals surface area contributed by atoms with Crippen LogP contribution in [-0.4, -0.2) is 23.6 Å². The number of hydrogen-bond donors (Lipinski definition) is 0. The van der Waals surface area contributed by atoms with Gasteiger partial charge in [-0.25, -0.2) is 0 Å².